The predicted octanol–water partition coefficient (Wildman–Crippen LogP) is 2.51. The molecule has 5 N–H and O–H groups in total. The van der Waals surface area contributed by atoms with Crippen LogP contribution in [0.5, 0.6) is 0 Å². The molecule has 8 nitrogen and oxygen atoms in total. The van der Waals surface area contributed by atoms with E-state index in [4.69, 9.17) is 16.2 Å². The van der Waals surface area contributed by atoms with E-state index in [9.17, 15) is 9.59 Å². The van der Waals surface area contributed by atoms with Crippen LogP contribution in [0, 0.1) is 6.92 Å². The summed E-state index contributed by atoms with van der Waals surface area (Å²) in [7, 11) is 0. The SMILES string of the molecule is CCOCCn1nc(-c2ccc(CNC(=O)c3ccccc3C)cc2)c(C(N)=O)c1N. The van der Waals surface area contributed by atoms with Crippen LogP contribution in [-0.4, -0.2) is 34.8 Å². The standard InChI is InChI=1S/C23H27N5O3/c1-3-31-13-12-28-21(24)19(22(25)29)20(27-28)17-10-8-16(9-11-17)14-26-23(30)18-7-5-4-6-15(18)2/h4-11H,3,12-14,24H2,1-2H3,(H2,25,29)(H,26,30). The first kappa shape index (κ1) is 22.0. The van der Waals surface area contributed by atoms with Crippen molar-refractivity contribution in [1.29, 1.82) is 0 Å². The first-order chi connectivity index (χ1) is 14.9. The van der Waals surface area contributed by atoms with Crippen molar-refractivity contribution in [3.63, 3.8) is 0 Å². The molecule has 0 saturated heterocycles. The van der Waals surface area contributed by atoms with Gasteiger partial charge in [0, 0.05) is 24.3 Å². The zero-order valence-electron chi connectivity index (χ0n) is 17.7. The Morgan fingerprint density at radius 2 is 1.84 bits per heavy atom. The molecule has 162 valence electrons. The summed E-state index contributed by atoms with van der Waals surface area (Å²) in [4.78, 5) is 24.4. The number of nitrogens with two attached hydrogens (primary N) is 2. The highest BCUT2D eigenvalue weighted by molar-refractivity contribution is 6.03. The average Bonchev–Trinajstić information content (AvgIpc) is 3.09. The average molecular weight is 422 g/mol. The fourth-order valence-electron chi connectivity index (χ4n) is 3.27. The lowest BCUT2D eigenvalue weighted by atomic mass is 10.0. The zero-order valence-corrected chi connectivity index (χ0v) is 17.7. The molecule has 0 unspecified atom stereocenters. The molecule has 3 aromatic rings. The Labute approximate surface area is 181 Å². The molecule has 0 atom stereocenters. The van der Waals surface area contributed by atoms with Crippen LogP contribution in [-0.2, 0) is 17.8 Å². The monoisotopic (exact) mass is 421 g/mol. The number of hydrogen-bond acceptors (Lipinski definition) is 5. The predicted molar refractivity (Wildman–Crippen MR) is 119 cm³/mol. The number of aryl methyl sites for hydroxylation is 1. The van der Waals surface area contributed by atoms with Gasteiger partial charge in [-0.2, -0.15) is 5.10 Å². The number of carbonyl (C=O) groups is 2. The van der Waals surface area contributed by atoms with Gasteiger partial charge in [-0.25, -0.2) is 4.68 Å². The third kappa shape index (κ3) is 5.10. The molecule has 3 rings (SSSR count). The Hall–Kier alpha value is -3.65. The van der Waals surface area contributed by atoms with Crippen molar-refractivity contribution in [3.05, 3.63) is 70.8 Å². The summed E-state index contributed by atoms with van der Waals surface area (Å²) in [6.45, 7) is 5.61. The van der Waals surface area contributed by atoms with Gasteiger partial charge in [-0.05, 0) is 31.0 Å². The molecule has 0 radical (unpaired) electrons. The molecular formula is C23H27N5O3. The van der Waals surface area contributed by atoms with E-state index in [2.05, 4.69) is 10.4 Å². The number of nitrogen functional groups attached to an aromatic ring is 1. The molecule has 0 fully saturated rings. The molecule has 0 bridgehead atoms. The number of ether oxygens (including phenoxy) is 1. The van der Waals surface area contributed by atoms with E-state index >= 15 is 0 Å². The zero-order chi connectivity index (χ0) is 22.4. The van der Waals surface area contributed by atoms with Gasteiger partial charge >= 0.3 is 0 Å². The van der Waals surface area contributed by atoms with Crippen molar-refractivity contribution in [2.45, 2.75) is 26.9 Å². The van der Waals surface area contributed by atoms with Crippen LogP contribution < -0.4 is 16.8 Å². The van der Waals surface area contributed by atoms with E-state index in [0.29, 0.717) is 43.1 Å². The van der Waals surface area contributed by atoms with Crippen molar-refractivity contribution in [3.8, 4) is 11.3 Å². The highest BCUT2D eigenvalue weighted by Crippen LogP contribution is 2.27. The molecule has 8 heteroatoms. The van der Waals surface area contributed by atoms with Crippen molar-refractivity contribution >= 4 is 17.6 Å². The summed E-state index contributed by atoms with van der Waals surface area (Å²) in [6, 6.07) is 14.8. The fourth-order valence-corrected chi connectivity index (χ4v) is 3.27. The Balaban J connectivity index is 1.75. The molecular weight excluding hydrogens is 394 g/mol. The lowest BCUT2D eigenvalue weighted by molar-refractivity contribution is 0.0949. The molecule has 2 amide bonds. The van der Waals surface area contributed by atoms with Crippen molar-refractivity contribution in [1.82, 2.24) is 15.1 Å². The molecule has 0 aliphatic carbocycles. The number of nitrogens with zero attached hydrogens (tertiary/aromatic N) is 2. The summed E-state index contributed by atoms with van der Waals surface area (Å²) < 4.78 is 6.87. The smallest absolute Gasteiger partial charge is 0.254 e. The molecule has 2 aromatic carbocycles. The van der Waals surface area contributed by atoms with E-state index in [0.717, 1.165) is 11.1 Å². The number of rotatable bonds is 9. The van der Waals surface area contributed by atoms with Gasteiger partial charge in [0.25, 0.3) is 11.8 Å². The van der Waals surface area contributed by atoms with Crippen LogP contribution in [0.3, 0.4) is 0 Å². The lowest BCUT2D eigenvalue weighted by Crippen LogP contribution is -2.23. The number of benzene rings is 2. The molecule has 0 saturated carbocycles. The second-order valence-corrected chi connectivity index (χ2v) is 7.09. The maximum Gasteiger partial charge on any atom is 0.254 e. The van der Waals surface area contributed by atoms with Crippen molar-refractivity contribution < 1.29 is 14.3 Å². The fraction of sp³-hybridized carbons (Fsp3) is 0.261. The first-order valence-electron chi connectivity index (χ1n) is 10.1. The van der Waals surface area contributed by atoms with Crippen LogP contribution in [0.15, 0.2) is 48.5 Å². The van der Waals surface area contributed by atoms with Gasteiger partial charge in [0.1, 0.15) is 17.1 Å². The Bertz CT molecular complexity index is 1070. The summed E-state index contributed by atoms with van der Waals surface area (Å²) in [6.07, 6.45) is 0. The van der Waals surface area contributed by atoms with Crippen molar-refractivity contribution in [2.24, 2.45) is 5.73 Å². The summed E-state index contributed by atoms with van der Waals surface area (Å²) in [5.41, 5.74) is 15.5. The Morgan fingerprint density at radius 1 is 1.13 bits per heavy atom. The molecule has 0 aliphatic rings. The number of aromatic nitrogens is 2. The molecule has 0 spiro atoms. The summed E-state index contributed by atoms with van der Waals surface area (Å²) in [5, 5.41) is 7.39. The van der Waals surface area contributed by atoms with E-state index in [1.807, 2.05) is 56.3 Å². The minimum absolute atomic E-state index is 0.126. The largest absolute Gasteiger partial charge is 0.383 e. The van der Waals surface area contributed by atoms with Gasteiger partial charge in [-0.15, -0.1) is 0 Å². The maximum atomic E-state index is 12.4. The number of primary amides is 1. The molecule has 1 heterocycles. The van der Waals surface area contributed by atoms with Crippen molar-refractivity contribution in [2.75, 3.05) is 18.9 Å². The third-order valence-electron chi connectivity index (χ3n) is 4.96. The number of carbonyl (C=O) groups excluding carboxylic acids is 2. The quantitative estimate of drug-likeness (QED) is 0.458. The highest BCUT2D eigenvalue weighted by atomic mass is 16.5. The van der Waals surface area contributed by atoms with Gasteiger partial charge in [0.05, 0.1) is 13.2 Å². The van der Waals surface area contributed by atoms with Gasteiger partial charge in [0.15, 0.2) is 0 Å². The van der Waals surface area contributed by atoms with E-state index in [1.165, 1.54) is 4.68 Å². The normalized spacial score (nSPS) is 10.8. The third-order valence-corrected chi connectivity index (χ3v) is 4.96. The van der Waals surface area contributed by atoms with Gasteiger partial charge in [-0.3, -0.25) is 9.59 Å². The Kier molecular flexibility index (Phi) is 7.04. The molecule has 1 aromatic heterocycles. The number of hydrogen-bond donors (Lipinski definition) is 3. The second kappa shape index (κ2) is 9.90. The van der Waals surface area contributed by atoms with Gasteiger partial charge in [0.2, 0.25) is 0 Å². The van der Waals surface area contributed by atoms with E-state index in [-0.39, 0.29) is 17.3 Å². The molecule has 31 heavy (non-hydrogen) atoms. The van der Waals surface area contributed by atoms with Crippen LogP contribution in [0.1, 0.15) is 38.8 Å². The van der Waals surface area contributed by atoms with Crippen LogP contribution in [0.25, 0.3) is 11.3 Å². The minimum atomic E-state index is -0.635. The van der Waals surface area contributed by atoms with Crippen LogP contribution in [0.2, 0.25) is 0 Å². The van der Waals surface area contributed by atoms with Gasteiger partial charge in [-0.1, -0.05) is 42.5 Å². The summed E-state index contributed by atoms with van der Waals surface area (Å²) in [5.74, 6) is -0.541. The lowest BCUT2D eigenvalue weighted by Gasteiger charge is -2.08. The number of anilines is 1. The van der Waals surface area contributed by atoms with Crippen LogP contribution in [0.4, 0.5) is 5.82 Å². The number of nitrogens with one attached hydrogen (secondary N) is 1. The van der Waals surface area contributed by atoms with Crippen LogP contribution >= 0.6 is 0 Å². The summed E-state index contributed by atoms with van der Waals surface area (Å²) >= 11 is 0. The van der Waals surface area contributed by atoms with Gasteiger partial charge < -0.3 is 21.5 Å². The van der Waals surface area contributed by atoms with E-state index < -0.39 is 5.91 Å². The topological polar surface area (TPSA) is 125 Å². The first-order valence-corrected chi connectivity index (χ1v) is 10.1. The second-order valence-electron chi connectivity index (χ2n) is 7.09. The number of amides is 2. The van der Waals surface area contributed by atoms with E-state index in [1.54, 1.807) is 6.07 Å². The maximum absolute atomic E-state index is 12.4. The highest BCUT2D eigenvalue weighted by Gasteiger charge is 2.21. The Morgan fingerprint density at radius 3 is 2.48 bits per heavy atom. The minimum Gasteiger partial charge on any atom is -0.383 e. The molecule has 0 aliphatic heterocycles.